The van der Waals surface area contributed by atoms with Gasteiger partial charge in [-0.1, -0.05) is 32.1 Å². The number of carbonyl (C=O) groups is 2. The van der Waals surface area contributed by atoms with Gasteiger partial charge in [-0.3, -0.25) is 9.59 Å². The van der Waals surface area contributed by atoms with E-state index in [0.717, 1.165) is 25.7 Å². The molecule has 0 aromatic rings. The van der Waals surface area contributed by atoms with Crippen molar-refractivity contribution in [1.29, 1.82) is 0 Å². The summed E-state index contributed by atoms with van der Waals surface area (Å²) in [6, 6.07) is 0. The summed E-state index contributed by atoms with van der Waals surface area (Å²) >= 11 is 0. The Morgan fingerprint density at radius 1 is 1.13 bits per heavy atom. The second-order valence-electron chi connectivity index (χ2n) is 7.66. The number of nitrogens with zero attached hydrogens (tertiary/aromatic N) is 1. The second-order valence-corrected chi connectivity index (χ2v) is 7.66. The maximum Gasteiger partial charge on any atom is 0.311 e. The topological polar surface area (TPSA) is 66.8 Å². The second kappa shape index (κ2) is 6.80. The average molecular weight is 323 g/mol. The number of carboxylic acids is 1. The van der Waals surface area contributed by atoms with Gasteiger partial charge in [0.2, 0.25) is 0 Å². The number of aliphatic carboxylic acids is 1. The summed E-state index contributed by atoms with van der Waals surface area (Å²) in [6.07, 6.45) is 9.29. The molecule has 1 heterocycles. The third-order valence-corrected chi connectivity index (χ3v) is 6.15. The van der Waals surface area contributed by atoms with E-state index in [2.05, 4.69) is 0 Å². The normalized spacial score (nSPS) is 33.3. The van der Waals surface area contributed by atoms with Crippen LogP contribution in [0.15, 0.2) is 0 Å². The molecule has 1 N–H and O–H groups in total. The van der Waals surface area contributed by atoms with Crippen LogP contribution >= 0.6 is 0 Å². The first-order valence-corrected chi connectivity index (χ1v) is 9.20. The Kier molecular flexibility index (Phi) is 4.95. The largest absolute Gasteiger partial charge is 0.481 e. The summed E-state index contributed by atoms with van der Waals surface area (Å²) in [5.41, 5.74) is -0.697. The van der Waals surface area contributed by atoms with Crippen LogP contribution in [0, 0.1) is 11.3 Å². The van der Waals surface area contributed by atoms with E-state index < -0.39 is 17.5 Å². The van der Waals surface area contributed by atoms with Gasteiger partial charge in [-0.2, -0.15) is 0 Å². The van der Waals surface area contributed by atoms with Crippen LogP contribution in [0.1, 0.15) is 64.7 Å². The van der Waals surface area contributed by atoms with Crippen LogP contribution in [0.25, 0.3) is 0 Å². The lowest BCUT2D eigenvalue weighted by Gasteiger charge is -2.26. The van der Waals surface area contributed by atoms with Gasteiger partial charge in [0.15, 0.2) is 0 Å². The Balaban J connectivity index is 1.59. The fraction of sp³-hybridized carbons (Fsp3) is 0.889. The Bertz CT molecular complexity index is 458. The summed E-state index contributed by atoms with van der Waals surface area (Å²) in [4.78, 5) is 26.2. The first-order valence-electron chi connectivity index (χ1n) is 9.20. The molecule has 2 aliphatic carbocycles. The molecule has 5 nitrogen and oxygen atoms in total. The number of carboxylic acid groups (broad SMARTS) is 1. The van der Waals surface area contributed by atoms with Crippen molar-refractivity contribution in [2.45, 2.75) is 76.9 Å². The molecule has 3 atom stereocenters. The van der Waals surface area contributed by atoms with Gasteiger partial charge >= 0.3 is 5.97 Å². The minimum atomic E-state index is -0.729. The van der Waals surface area contributed by atoms with Crippen LogP contribution in [0.5, 0.6) is 0 Å². The van der Waals surface area contributed by atoms with Crippen LogP contribution < -0.4 is 0 Å². The van der Waals surface area contributed by atoms with Gasteiger partial charge in [0.25, 0.3) is 5.91 Å². The summed E-state index contributed by atoms with van der Waals surface area (Å²) in [5.74, 6) is -0.633. The van der Waals surface area contributed by atoms with E-state index in [9.17, 15) is 14.7 Å². The van der Waals surface area contributed by atoms with Gasteiger partial charge < -0.3 is 14.7 Å². The van der Waals surface area contributed by atoms with Crippen molar-refractivity contribution in [3.63, 3.8) is 0 Å². The Morgan fingerprint density at radius 2 is 1.83 bits per heavy atom. The molecule has 3 fully saturated rings. The molecular weight excluding hydrogens is 294 g/mol. The van der Waals surface area contributed by atoms with E-state index in [1.165, 1.54) is 25.7 Å². The fourth-order valence-electron chi connectivity index (χ4n) is 4.79. The molecule has 1 amide bonds. The Labute approximate surface area is 138 Å². The zero-order chi connectivity index (χ0) is 16.4. The molecule has 0 radical (unpaired) electrons. The van der Waals surface area contributed by atoms with Crippen molar-refractivity contribution in [3.05, 3.63) is 0 Å². The summed E-state index contributed by atoms with van der Waals surface area (Å²) in [6.45, 7) is 2.78. The molecule has 23 heavy (non-hydrogen) atoms. The van der Waals surface area contributed by atoms with Gasteiger partial charge in [-0.25, -0.2) is 0 Å². The lowest BCUT2D eigenvalue weighted by Crippen LogP contribution is -2.42. The number of fused-ring (bicyclic) bond motifs is 1. The van der Waals surface area contributed by atoms with Crippen molar-refractivity contribution < 1.29 is 19.4 Å². The SMILES string of the molecule is CC(OC1CCCCCC1)C(=O)N1C[C@@H]2CCC[C@@]2(C(=O)O)C1. The predicted octanol–water partition coefficient (Wildman–Crippen LogP) is 2.83. The molecule has 2 saturated carbocycles. The molecule has 0 spiro atoms. The maximum atomic E-state index is 12.7. The van der Waals surface area contributed by atoms with Crippen LogP contribution in [-0.4, -0.2) is 47.2 Å². The quantitative estimate of drug-likeness (QED) is 0.808. The van der Waals surface area contributed by atoms with Gasteiger partial charge in [0.05, 0.1) is 11.5 Å². The van der Waals surface area contributed by atoms with E-state index in [1.54, 1.807) is 4.90 Å². The Hall–Kier alpha value is -1.10. The van der Waals surface area contributed by atoms with Crippen LogP contribution in [0.4, 0.5) is 0 Å². The van der Waals surface area contributed by atoms with E-state index in [0.29, 0.717) is 19.5 Å². The third kappa shape index (κ3) is 3.25. The minimum Gasteiger partial charge on any atom is -0.481 e. The molecule has 0 aromatic carbocycles. The number of carbonyl (C=O) groups excluding carboxylic acids is 1. The van der Waals surface area contributed by atoms with Gasteiger partial charge in [-0.15, -0.1) is 0 Å². The number of amides is 1. The zero-order valence-corrected chi connectivity index (χ0v) is 14.1. The molecule has 0 aromatic heterocycles. The molecule has 3 rings (SSSR count). The summed E-state index contributed by atoms with van der Waals surface area (Å²) in [7, 11) is 0. The highest BCUT2D eigenvalue weighted by molar-refractivity contribution is 5.83. The highest BCUT2D eigenvalue weighted by Crippen LogP contribution is 2.49. The number of hydrogen-bond donors (Lipinski definition) is 1. The number of rotatable bonds is 4. The molecule has 0 bridgehead atoms. The van der Waals surface area contributed by atoms with Crippen molar-refractivity contribution in [2.75, 3.05) is 13.1 Å². The average Bonchev–Trinajstić information content (AvgIpc) is 2.97. The van der Waals surface area contributed by atoms with E-state index in [4.69, 9.17) is 4.74 Å². The number of ether oxygens (including phenoxy) is 1. The predicted molar refractivity (Wildman–Crippen MR) is 86.0 cm³/mol. The van der Waals surface area contributed by atoms with Crippen LogP contribution in [0.2, 0.25) is 0 Å². The lowest BCUT2D eigenvalue weighted by molar-refractivity contribution is -0.151. The number of hydrogen-bond acceptors (Lipinski definition) is 3. The molecule has 1 saturated heterocycles. The fourth-order valence-corrected chi connectivity index (χ4v) is 4.79. The van der Waals surface area contributed by atoms with Crippen molar-refractivity contribution in [2.24, 2.45) is 11.3 Å². The van der Waals surface area contributed by atoms with E-state index in [1.807, 2.05) is 6.92 Å². The van der Waals surface area contributed by atoms with Crippen LogP contribution in [0.3, 0.4) is 0 Å². The monoisotopic (exact) mass is 323 g/mol. The molecule has 5 heteroatoms. The first kappa shape index (κ1) is 16.7. The molecular formula is C18H29NO4. The van der Waals surface area contributed by atoms with Gasteiger partial charge in [-0.05, 0) is 38.5 Å². The summed E-state index contributed by atoms with van der Waals surface area (Å²) < 4.78 is 6.02. The first-order chi connectivity index (χ1) is 11.0. The zero-order valence-electron chi connectivity index (χ0n) is 14.1. The molecule has 130 valence electrons. The van der Waals surface area contributed by atoms with E-state index in [-0.39, 0.29) is 17.9 Å². The lowest BCUT2D eigenvalue weighted by atomic mass is 9.81. The third-order valence-electron chi connectivity index (χ3n) is 6.15. The summed E-state index contributed by atoms with van der Waals surface area (Å²) in [5, 5.41) is 9.64. The highest BCUT2D eigenvalue weighted by atomic mass is 16.5. The van der Waals surface area contributed by atoms with Crippen molar-refractivity contribution in [3.8, 4) is 0 Å². The van der Waals surface area contributed by atoms with Crippen LogP contribution in [-0.2, 0) is 14.3 Å². The van der Waals surface area contributed by atoms with Crippen molar-refractivity contribution >= 4 is 11.9 Å². The number of likely N-dealkylation sites (tertiary alicyclic amines) is 1. The minimum absolute atomic E-state index is 0.0238. The highest BCUT2D eigenvalue weighted by Gasteiger charge is 2.56. The smallest absolute Gasteiger partial charge is 0.311 e. The Morgan fingerprint density at radius 3 is 2.43 bits per heavy atom. The molecule has 1 aliphatic heterocycles. The van der Waals surface area contributed by atoms with Gasteiger partial charge in [0.1, 0.15) is 6.10 Å². The van der Waals surface area contributed by atoms with Gasteiger partial charge in [0, 0.05) is 13.1 Å². The standard InChI is InChI=1S/C18H29NO4/c1-13(23-15-8-4-2-3-5-9-15)16(20)19-11-14-7-6-10-18(14,12-19)17(21)22/h13-15H,2-12H2,1H3,(H,21,22)/t13?,14-,18+/m0/s1. The van der Waals surface area contributed by atoms with Crippen molar-refractivity contribution in [1.82, 2.24) is 4.90 Å². The molecule has 3 aliphatic rings. The van der Waals surface area contributed by atoms with E-state index >= 15 is 0 Å². The molecule has 1 unspecified atom stereocenters. The maximum absolute atomic E-state index is 12.7.